The third-order valence-electron chi connectivity index (χ3n) is 4.04. The smallest absolute Gasteiger partial charge is 0.338 e. The van der Waals surface area contributed by atoms with Crippen LogP contribution in [-0.2, 0) is 9.53 Å². The Morgan fingerprint density at radius 2 is 1.88 bits per heavy atom. The van der Waals surface area contributed by atoms with Crippen molar-refractivity contribution in [2.45, 2.75) is 26.9 Å². The number of aromatic nitrogens is 2. The van der Waals surface area contributed by atoms with E-state index in [9.17, 15) is 9.59 Å². The minimum atomic E-state index is -0.913. The molecule has 128 valence electrons. The number of nitrogens with one attached hydrogen (secondary N) is 2. The predicted molar refractivity (Wildman–Crippen MR) is 95.5 cm³/mol. The van der Waals surface area contributed by atoms with Crippen LogP contribution in [0.4, 0.5) is 5.69 Å². The number of amides is 1. The minimum Gasteiger partial charge on any atom is -0.449 e. The zero-order valence-electron chi connectivity index (χ0n) is 14.3. The molecule has 0 aliphatic rings. The van der Waals surface area contributed by atoms with Crippen LogP contribution in [0.1, 0.15) is 28.4 Å². The number of benzene rings is 2. The Morgan fingerprint density at radius 3 is 2.60 bits per heavy atom. The first-order valence-corrected chi connectivity index (χ1v) is 7.97. The van der Waals surface area contributed by atoms with E-state index >= 15 is 0 Å². The summed E-state index contributed by atoms with van der Waals surface area (Å²) in [5, 5.41) is 2.83. The molecule has 1 unspecified atom stereocenters. The largest absolute Gasteiger partial charge is 0.449 e. The number of H-pyrrole nitrogens is 1. The number of fused-ring (bicyclic) bond motifs is 1. The van der Waals surface area contributed by atoms with Crippen molar-refractivity contribution in [2.24, 2.45) is 0 Å². The summed E-state index contributed by atoms with van der Waals surface area (Å²) >= 11 is 0. The monoisotopic (exact) mass is 337 g/mol. The lowest BCUT2D eigenvalue weighted by molar-refractivity contribution is -0.123. The van der Waals surface area contributed by atoms with E-state index in [-0.39, 0.29) is 5.91 Å². The maximum absolute atomic E-state index is 12.4. The van der Waals surface area contributed by atoms with E-state index < -0.39 is 12.1 Å². The van der Waals surface area contributed by atoms with Crippen molar-refractivity contribution in [3.05, 3.63) is 59.4 Å². The number of anilines is 1. The summed E-state index contributed by atoms with van der Waals surface area (Å²) < 4.78 is 5.29. The second-order valence-electron chi connectivity index (χ2n) is 5.94. The molecule has 6 nitrogen and oxygen atoms in total. The molecule has 0 spiro atoms. The molecule has 2 N–H and O–H groups in total. The van der Waals surface area contributed by atoms with Gasteiger partial charge in [0.25, 0.3) is 5.91 Å². The van der Waals surface area contributed by atoms with E-state index in [1.54, 1.807) is 31.5 Å². The number of carbonyl (C=O) groups excluding carboxylic acids is 2. The van der Waals surface area contributed by atoms with Crippen molar-refractivity contribution in [1.29, 1.82) is 0 Å². The fraction of sp³-hybridized carbons (Fsp3) is 0.211. The lowest BCUT2D eigenvalue weighted by atomic mass is 10.1. The molecule has 1 aromatic heterocycles. The fourth-order valence-corrected chi connectivity index (χ4v) is 2.58. The molecule has 0 radical (unpaired) electrons. The molecule has 1 amide bonds. The van der Waals surface area contributed by atoms with Crippen molar-refractivity contribution in [3.63, 3.8) is 0 Å². The third kappa shape index (κ3) is 3.52. The molecule has 6 heteroatoms. The van der Waals surface area contributed by atoms with Gasteiger partial charge in [0.05, 0.1) is 22.9 Å². The van der Waals surface area contributed by atoms with E-state index in [0.29, 0.717) is 5.56 Å². The van der Waals surface area contributed by atoms with Crippen LogP contribution in [0.25, 0.3) is 11.0 Å². The van der Waals surface area contributed by atoms with Crippen LogP contribution in [0, 0.1) is 13.8 Å². The van der Waals surface area contributed by atoms with Gasteiger partial charge in [0.2, 0.25) is 0 Å². The normalized spacial score (nSPS) is 12.0. The van der Waals surface area contributed by atoms with E-state index in [1.165, 1.54) is 0 Å². The Kier molecular flexibility index (Phi) is 4.52. The first-order valence-electron chi connectivity index (χ1n) is 7.97. The molecular weight excluding hydrogens is 318 g/mol. The summed E-state index contributed by atoms with van der Waals surface area (Å²) in [5.41, 5.74) is 4.52. The van der Waals surface area contributed by atoms with Gasteiger partial charge in [-0.25, -0.2) is 9.78 Å². The Labute approximate surface area is 145 Å². The molecule has 1 atom stereocenters. The lowest BCUT2D eigenvalue weighted by Gasteiger charge is -2.16. The van der Waals surface area contributed by atoms with E-state index in [1.807, 2.05) is 32.0 Å². The predicted octanol–water partition coefficient (Wildman–Crippen LogP) is 3.36. The van der Waals surface area contributed by atoms with Gasteiger partial charge in [0.15, 0.2) is 6.10 Å². The number of hydrogen-bond acceptors (Lipinski definition) is 4. The molecule has 0 fully saturated rings. The summed E-state index contributed by atoms with van der Waals surface area (Å²) in [4.78, 5) is 31.7. The van der Waals surface area contributed by atoms with Crippen LogP contribution in [0.3, 0.4) is 0 Å². The third-order valence-corrected chi connectivity index (χ3v) is 4.04. The van der Waals surface area contributed by atoms with E-state index in [0.717, 1.165) is 27.8 Å². The number of esters is 1. The first kappa shape index (κ1) is 16.7. The number of aromatic amines is 1. The number of nitrogens with zero attached hydrogens (tertiary/aromatic N) is 1. The van der Waals surface area contributed by atoms with Gasteiger partial charge >= 0.3 is 5.97 Å². The van der Waals surface area contributed by atoms with Gasteiger partial charge in [0, 0.05) is 5.69 Å². The van der Waals surface area contributed by atoms with Crippen LogP contribution in [0.15, 0.2) is 42.7 Å². The Hall–Kier alpha value is -3.15. The average Bonchev–Trinajstić information content (AvgIpc) is 3.05. The maximum atomic E-state index is 12.4. The number of carbonyl (C=O) groups is 2. The van der Waals surface area contributed by atoms with Crippen molar-refractivity contribution in [1.82, 2.24) is 9.97 Å². The van der Waals surface area contributed by atoms with E-state index in [4.69, 9.17) is 4.74 Å². The molecule has 0 saturated heterocycles. The van der Waals surface area contributed by atoms with Crippen molar-refractivity contribution in [3.8, 4) is 0 Å². The van der Waals surface area contributed by atoms with Crippen LogP contribution in [0.2, 0.25) is 0 Å². The standard InChI is InChI=1S/C19H19N3O3/c1-11-5-4-6-12(2)17(11)22-18(23)13(3)25-19(24)14-7-8-15-16(9-14)21-10-20-15/h4-10,13H,1-3H3,(H,20,21)(H,22,23). The number of aryl methyl sites for hydroxylation is 2. The van der Waals surface area contributed by atoms with E-state index in [2.05, 4.69) is 15.3 Å². The summed E-state index contributed by atoms with van der Waals surface area (Å²) in [7, 11) is 0. The molecule has 2 aromatic carbocycles. The first-order chi connectivity index (χ1) is 12.0. The van der Waals surface area contributed by atoms with Crippen molar-refractivity contribution < 1.29 is 14.3 Å². The van der Waals surface area contributed by atoms with Gasteiger partial charge in [-0.3, -0.25) is 4.79 Å². The minimum absolute atomic E-state index is 0.364. The molecule has 25 heavy (non-hydrogen) atoms. The van der Waals surface area contributed by atoms with Crippen LogP contribution < -0.4 is 5.32 Å². The highest BCUT2D eigenvalue weighted by molar-refractivity contribution is 5.99. The van der Waals surface area contributed by atoms with Crippen molar-refractivity contribution in [2.75, 3.05) is 5.32 Å². The molecule has 0 saturated carbocycles. The molecule has 0 aliphatic heterocycles. The highest BCUT2D eigenvalue weighted by Crippen LogP contribution is 2.20. The zero-order valence-corrected chi connectivity index (χ0v) is 14.3. The van der Waals surface area contributed by atoms with Crippen molar-refractivity contribution >= 4 is 28.6 Å². The van der Waals surface area contributed by atoms with Gasteiger partial charge in [-0.1, -0.05) is 18.2 Å². The molecule has 3 aromatic rings. The number of hydrogen-bond donors (Lipinski definition) is 2. The van der Waals surface area contributed by atoms with Gasteiger partial charge in [0.1, 0.15) is 0 Å². The van der Waals surface area contributed by atoms with Gasteiger partial charge in [-0.05, 0) is 50.1 Å². The summed E-state index contributed by atoms with van der Waals surface area (Å²) in [6.45, 7) is 5.38. The fourth-order valence-electron chi connectivity index (χ4n) is 2.58. The second kappa shape index (κ2) is 6.76. The second-order valence-corrected chi connectivity index (χ2v) is 5.94. The quantitative estimate of drug-likeness (QED) is 0.715. The number of para-hydroxylation sites is 1. The molecule has 3 rings (SSSR count). The Balaban J connectivity index is 1.69. The van der Waals surface area contributed by atoms with Crippen LogP contribution in [-0.4, -0.2) is 27.9 Å². The number of ether oxygens (including phenoxy) is 1. The highest BCUT2D eigenvalue weighted by atomic mass is 16.5. The number of imidazole rings is 1. The Morgan fingerprint density at radius 1 is 1.16 bits per heavy atom. The molecule has 0 bridgehead atoms. The highest BCUT2D eigenvalue weighted by Gasteiger charge is 2.20. The van der Waals surface area contributed by atoms with Gasteiger partial charge < -0.3 is 15.0 Å². The van der Waals surface area contributed by atoms with Crippen LogP contribution in [0.5, 0.6) is 0 Å². The molecular formula is C19H19N3O3. The van der Waals surface area contributed by atoms with Crippen LogP contribution >= 0.6 is 0 Å². The molecule has 1 heterocycles. The average molecular weight is 337 g/mol. The van der Waals surface area contributed by atoms with Gasteiger partial charge in [-0.2, -0.15) is 0 Å². The lowest BCUT2D eigenvalue weighted by Crippen LogP contribution is -2.30. The number of rotatable bonds is 4. The maximum Gasteiger partial charge on any atom is 0.338 e. The SMILES string of the molecule is Cc1cccc(C)c1NC(=O)C(C)OC(=O)c1ccc2nc[nH]c2c1. The van der Waals surface area contributed by atoms with Gasteiger partial charge in [-0.15, -0.1) is 0 Å². The summed E-state index contributed by atoms with van der Waals surface area (Å²) in [6, 6.07) is 10.8. The summed E-state index contributed by atoms with van der Waals surface area (Å²) in [6.07, 6.45) is 0.643. The zero-order chi connectivity index (χ0) is 18.0. The topological polar surface area (TPSA) is 84.1 Å². The molecule has 0 aliphatic carbocycles. The summed E-state index contributed by atoms with van der Waals surface area (Å²) in [5.74, 6) is -0.922. The Bertz CT molecular complexity index is 926.